The Hall–Kier alpha value is -1.13. The molecule has 2 rings (SSSR count). The second-order valence-electron chi connectivity index (χ2n) is 4.57. The molecule has 1 aliphatic carbocycles. The fourth-order valence-electron chi connectivity index (χ4n) is 2.33. The molecule has 1 fully saturated rings. The third kappa shape index (κ3) is 2.58. The monoisotopic (exact) mass is 238 g/mol. The van der Waals surface area contributed by atoms with Crippen LogP contribution in [0.25, 0.3) is 0 Å². The SMILES string of the molecule is CCOC1CC(CN)(Nc2ccccc2F)C1. The second kappa shape index (κ2) is 5.02. The molecule has 3 nitrogen and oxygen atoms in total. The van der Waals surface area contributed by atoms with E-state index in [0.29, 0.717) is 18.8 Å². The van der Waals surface area contributed by atoms with Crippen molar-refractivity contribution in [3.63, 3.8) is 0 Å². The van der Waals surface area contributed by atoms with Gasteiger partial charge < -0.3 is 15.8 Å². The van der Waals surface area contributed by atoms with E-state index in [9.17, 15) is 4.39 Å². The Kier molecular flexibility index (Phi) is 3.64. The van der Waals surface area contributed by atoms with Crippen molar-refractivity contribution in [3.8, 4) is 0 Å². The number of ether oxygens (including phenoxy) is 1. The van der Waals surface area contributed by atoms with Crippen LogP contribution in [0, 0.1) is 5.82 Å². The van der Waals surface area contributed by atoms with Crippen LogP contribution in [0.15, 0.2) is 24.3 Å². The van der Waals surface area contributed by atoms with Crippen molar-refractivity contribution < 1.29 is 9.13 Å². The lowest BCUT2D eigenvalue weighted by Crippen LogP contribution is -2.58. The Morgan fingerprint density at radius 1 is 1.47 bits per heavy atom. The summed E-state index contributed by atoms with van der Waals surface area (Å²) in [6.45, 7) is 3.18. The van der Waals surface area contributed by atoms with Gasteiger partial charge in [-0.1, -0.05) is 12.1 Å². The van der Waals surface area contributed by atoms with E-state index in [1.807, 2.05) is 13.0 Å². The molecule has 4 heteroatoms. The molecule has 94 valence electrons. The Labute approximate surface area is 101 Å². The van der Waals surface area contributed by atoms with Crippen LogP contribution < -0.4 is 11.1 Å². The normalized spacial score (nSPS) is 27.6. The van der Waals surface area contributed by atoms with Crippen LogP contribution >= 0.6 is 0 Å². The first-order valence-electron chi connectivity index (χ1n) is 6.03. The molecule has 1 aliphatic rings. The van der Waals surface area contributed by atoms with Crippen LogP contribution in [0.3, 0.4) is 0 Å². The Bertz CT molecular complexity index is 377. The van der Waals surface area contributed by atoms with Gasteiger partial charge in [-0.25, -0.2) is 4.39 Å². The highest BCUT2D eigenvalue weighted by Crippen LogP contribution is 2.37. The highest BCUT2D eigenvalue weighted by atomic mass is 19.1. The summed E-state index contributed by atoms with van der Waals surface area (Å²) in [4.78, 5) is 0. The van der Waals surface area contributed by atoms with Crippen LogP contribution in [0.5, 0.6) is 0 Å². The van der Waals surface area contributed by atoms with E-state index in [-0.39, 0.29) is 17.5 Å². The number of nitrogens with one attached hydrogen (secondary N) is 1. The number of rotatable bonds is 5. The third-order valence-corrected chi connectivity index (χ3v) is 3.30. The Morgan fingerprint density at radius 3 is 2.76 bits per heavy atom. The van der Waals surface area contributed by atoms with E-state index in [1.165, 1.54) is 6.07 Å². The van der Waals surface area contributed by atoms with Crippen molar-refractivity contribution in [3.05, 3.63) is 30.1 Å². The number of halogens is 1. The highest BCUT2D eigenvalue weighted by molar-refractivity contribution is 5.48. The van der Waals surface area contributed by atoms with E-state index in [1.54, 1.807) is 12.1 Å². The summed E-state index contributed by atoms with van der Waals surface area (Å²) in [6, 6.07) is 6.68. The lowest BCUT2D eigenvalue weighted by atomic mass is 9.74. The maximum atomic E-state index is 13.5. The van der Waals surface area contributed by atoms with Crippen molar-refractivity contribution in [2.24, 2.45) is 5.73 Å². The molecule has 0 bridgehead atoms. The van der Waals surface area contributed by atoms with Gasteiger partial charge in [0.2, 0.25) is 0 Å². The number of hydrogen-bond acceptors (Lipinski definition) is 3. The van der Waals surface area contributed by atoms with Gasteiger partial charge in [-0.2, -0.15) is 0 Å². The standard InChI is InChI=1S/C13H19FN2O/c1-2-17-10-7-13(8-10,9-15)16-12-6-4-3-5-11(12)14/h3-6,10,16H,2,7-9,15H2,1H3. The molecular formula is C13H19FN2O. The summed E-state index contributed by atoms with van der Waals surface area (Å²) in [5.74, 6) is -0.236. The molecule has 0 spiro atoms. The summed E-state index contributed by atoms with van der Waals surface area (Å²) < 4.78 is 19.0. The molecule has 0 saturated heterocycles. The average molecular weight is 238 g/mol. The van der Waals surface area contributed by atoms with Gasteiger partial charge in [0.05, 0.1) is 17.3 Å². The van der Waals surface area contributed by atoms with Crippen LogP contribution in [-0.4, -0.2) is 24.8 Å². The fraction of sp³-hybridized carbons (Fsp3) is 0.538. The summed E-state index contributed by atoms with van der Waals surface area (Å²) >= 11 is 0. The van der Waals surface area contributed by atoms with Crippen molar-refractivity contribution >= 4 is 5.69 Å². The average Bonchev–Trinajstić information content (AvgIpc) is 2.29. The number of anilines is 1. The molecular weight excluding hydrogens is 219 g/mol. The van der Waals surface area contributed by atoms with Crippen molar-refractivity contribution in [1.82, 2.24) is 0 Å². The molecule has 1 aromatic rings. The molecule has 0 radical (unpaired) electrons. The second-order valence-corrected chi connectivity index (χ2v) is 4.57. The maximum absolute atomic E-state index is 13.5. The fourth-order valence-corrected chi connectivity index (χ4v) is 2.33. The maximum Gasteiger partial charge on any atom is 0.146 e. The summed E-state index contributed by atoms with van der Waals surface area (Å²) in [7, 11) is 0. The van der Waals surface area contributed by atoms with Crippen molar-refractivity contribution in [2.45, 2.75) is 31.4 Å². The smallest absolute Gasteiger partial charge is 0.146 e. The third-order valence-electron chi connectivity index (χ3n) is 3.30. The van der Waals surface area contributed by atoms with Crippen molar-refractivity contribution in [2.75, 3.05) is 18.5 Å². The van der Waals surface area contributed by atoms with Gasteiger partial charge in [-0.3, -0.25) is 0 Å². The first kappa shape index (κ1) is 12.3. The van der Waals surface area contributed by atoms with Crippen LogP contribution in [0.4, 0.5) is 10.1 Å². The first-order chi connectivity index (χ1) is 8.19. The van der Waals surface area contributed by atoms with Gasteiger partial charge in [0, 0.05) is 13.2 Å². The van der Waals surface area contributed by atoms with Gasteiger partial charge in [0.15, 0.2) is 0 Å². The van der Waals surface area contributed by atoms with Gasteiger partial charge in [0.25, 0.3) is 0 Å². The van der Waals surface area contributed by atoms with Gasteiger partial charge in [0.1, 0.15) is 5.82 Å². The van der Waals surface area contributed by atoms with Crippen LogP contribution in [-0.2, 0) is 4.74 Å². The quantitative estimate of drug-likeness (QED) is 0.826. The van der Waals surface area contributed by atoms with Gasteiger partial charge >= 0.3 is 0 Å². The molecule has 0 atom stereocenters. The first-order valence-corrected chi connectivity index (χ1v) is 6.03. The molecule has 3 N–H and O–H groups in total. The topological polar surface area (TPSA) is 47.3 Å². The van der Waals surface area contributed by atoms with Gasteiger partial charge in [-0.05, 0) is 31.9 Å². The summed E-state index contributed by atoms with van der Waals surface area (Å²) in [5, 5.41) is 3.22. The summed E-state index contributed by atoms with van der Waals surface area (Å²) in [5.41, 5.74) is 6.10. The zero-order chi connectivity index (χ0) is 12.3. The molecule has 0 aliphatic heterocycles. The van der Waals surface area contributed by atoms with Gasteiger partial charge in [-0.15, -0.1) is 0 Å². The zero-order valence-electron chi connectivity index (χ0n) is 10.1. The lowest BCUT2D eigenvalue weighted by molar-refractivity contribution is -0.0272. The minimum atomic E-state index is -0.236. The van der Waals surface area contributed by atoms with E-state index >= 15 is 0 Å². The predicted octanol–water partition coefficient (Wildman–Crippen LogP) is 2.13. The number of benzene rings is 1. The van der Waals surface area contributed by atoms with E-state index in [4.69, 9.17) is 10.5 Å². The molecule has 1 saturated carbocycles. The minimum absolute atomic E-state index is 0.206. The predicted molar refractivity (Wildman–Crippen MR) is 66.5 cm³/mol. The molecule has 1 aromatic carbocycles. The van der Waals surface area contributed by atoms with E-state index in [0.717, 1.165) is 12.8 Å². The largest absolute Gasteiger partial charge is 0.378 e. The molecule has 0 aromatic heterocycles. The van der Waals surface area contributed by atoms with E-state index < -0.39 is 0 Å². The lowest BCUT2D eigenvalue weighted by Gasteiger charge is -2.47. The number of hydrogen-bond donors (Lipinski definition) is 2. The minimum Gasteiger partial charge on any atom is -0.378 e. The molecule has 0 amide bonds. The number of nitrogens with two attached hydrogens (primary N) is 1. The highest BCUT2D eigenvalue weighted by Gasteiger charge is 2.44. The summed E-state index contributed by atoms with van der Waals surface area (Å²) in [6.07, 6.45) is 1.93. The molecule has 17 heavy (non-hydrogen) atoms. The Balaban J connectivity index is 2.00. The number of para-hydroxylation sites is 1. The van der Waals surface area contributed by atoms with E-state index in [2.05, 4.69) is 5.32 Å². The Morgan fingerprint density at radius 2 is 2.18 bits per heavy atom. The van der Waals surface area contributed by atoms with Crippen LogP contribution in [0.1, 0.15) is 19.8 Å². The molecule has 0 heterocycles. The zero-order valence-corrected chi connectivity index (χ0v) is 10.1. The van der Waals surface area contributed by atoms with Crippen LogP contribution in [0.2, 0.25) is 0 Å². The molecule has 0 unspecified atom stereocenters. The van der Waals surface area contributed by atoms with Crippen molar-refractivity contribution in [1.29, 1.82) is 0 Å².